The van der Waals surface area contributed by atoms with Gasteiger partial charge in [0.25, 0.3) is 0 Å². The van der Waals surface area contributed by atoms with Gasteiger partial charge in [-0.25, -0.2) is 4.79 Å². The van der Waals surface area contributed by atoms with Gasteiger partial charge >= 0.3 is 5.97 Å². The molecule has 0 radical (unpaired) electrons. The maximum absolute atomic E-state index is 12.3. The van der Waals surface area contributed by atoms with E-state index in [2.05, 4.69) is 10.2 Å². The van der Waals surface area contributed by atoms with Crippen molar-refractivity contribution in [3.05, 3.63) is 53.0 Å². The fourth-order valence-corrected chi connectivity index (χ4v) is 2.95. The molecule has 0 saturated heterocycles. The minimum atomic E-state index is -0.438. The molecule has 0 unspecified atom stereocenters. The Morgan fingerprint density at radius 2 is 1.92 bits per heavy atom. The second kappa shape index (κ2) is 6.47. The standard InChI is InChI=1S/C19H19N3O3/c1-5-25-19(24)15-10-17-14(16-7-6-11(2)20-21-16)8-9-22(17)18(12(15)3)13(4)23/h6-10H,5H2,1-4H3. The normalized spacial score (nSPS) is 10.9. The number of pyridine rings is 1. The summed E-state index contributed by atoms with van der Waals surface area (Å²) in [6.07, 6.45) is 1.81. The number of hydrogen-bond donors (Lipinski definition) is 0. The molecule has 0 bridgehead atoms. The Morgan fingerprint density at radius 3 is 2.52 bits per heavy atom. The number of ketones is 1. The van der Waals surface area contributed by atoms with E-state index in [0.29, 0.717) is 22.5 Å². The Morgan fingerprint density at radius 1 is 1.16 bits per heavy atom. The molecule has 3 aromatic rings. The maximum atomic E-state index is 12.3. The Bertz CT molecular complexity index is 972. The van der Waals surface area contributed by atoms with E-state index >= 15 is 0 Å². The average molecular weight is 337 g/mol. The van der Waals surface area contributed by atoms with Crippen molar-refractivity contribution in [2.24, 2.45) is 0 Å². The Labute approximate surface area is 145 Å². The van der Waals surface area contributed by atoms with E-state index in [9.17, 15) is 9.59 Å². The lowest BCUT2D eigenvalue weighted by molar-refractivity contribution is 0.0525. The van der Waals surface area contributed by atoms with Gasteiger partial charge in [-0.15, -0.1) is 0 Å². The molecule has 128 valence electrons. The minimum absolute atomic E-state index is 0.120. The number of carbonyl (C=O) groups excluding carboxylic acids is 2. The van der Waals surface area contributed by atoms with Crippen LogP contribution >= 0.6 is 0 Å². The van der Waals surface area contributed by atoms with Crippen LogP contribution in [0.5, 0.6) is 0 Å². The third kappa shape index (κ3) is 2.91. The zero-order chi connectivity index (χ0) is 18.1. The van der Waals surface area contributed by atoms with Crippen LogP contribution in [-0.2, 0) is 4.74 Å². The second-order valence-corrected chi connectivity index (χ2v) is 5.85. The lowest BCUT2D eigenvalue weighted by atomic mass is 10.0. The molecule has 0 spiro atoms. The van der Waals surface area contributed by atoms with Gasteiger partial charge in [0.15, 0.2) is 5.78 Å². The molecule has 3 heterocycles. The zero-order valence-corrected chi connectivity index (χ0v) is 14.7. The van der Waals surface area contributed by atoms with Crippen molar-refractivity contribution in [2.45, 2.75) is 27.7 Å². The molecule has 0 aromatic carbocycles. The first-order valence-electron chi connectivity index (χ1n) is 8.07. The summed E-state index contributed by atoms with van der Waals surface area (Å²) in [5.74, 6) is -0.557. The first kappa shape index (κ1) is 16.8. The molecule has 0 saturated carbocycles. The number of carbonyl (C=O) groups is 2. The quantitative estimate of drug-likeness (QED) is 0.539. The summed E-state index contributed by atoms with van der Waals surface area (Å²) in [6.45, 7) is 7.14. The molecule has 3 rings (SSSR count). The van der Waals surface area contributed by atoms with Crippen molar-refractivity contribution in [3.8, 4) is 11.3 Å². The van der Waals surface area contributed by atoms with Crippen molar-refractivity contribution >= 4 is 17.3 Å². The number of rotatable bonds is 4. The molecular formula is C19H19N3O3. The molecule has 0 aliphatic carbocycles. The van der Waals surface area contributed by atoms with Gasteiger partial charge in [-0.1, -0.05) is 0 Å². The van der Waals surface area contributed by atoms with Crippen LogP contribution in [0.25, 0.3) is 16.8 Å². The van der Waals surface area contributed by atoms with Crippen molar-refractivity contribution in [1.82, 2.24) is 14.6 Å². The van der Waals surface area contributed by atoms with Crippen LogP contribution in [0.3, 0.4) is 0 Å². The molecule has 6 nitrogen and oxygen atoms in total. The van der Waals surface area contributed by atoms with Gasteiger partial charge in [-0.3, -0.25) is 4.79 Å². The van der Waals surface area contributed by atoms with Crippen LogP contribution in [0.15, 0.2) is 30.5 Å². The van der Waals surface area contributed by atoms with Crippen molar-refractivity contribution in [2.75, 3.05) is 6.61 Å². The maximum Gasteiger partial charge on any atom is 0.338 e. The molecule has 0 fully saturated rings. The molecule has 0 atom stereocenters. The van der Waals surface area contributed by atoms with Crippen LogP contribution in [0.4, 0.5) is 0 Å². The summed E-state index contributed by atoms with van der Waals surface area (Å²) in [6, 6.07) is 7.36. The SMILES string of the molecule is CCOC(=O)c1cc2c(-c3ccc(C)nn3)ccn2c(C(C)=O)c1C. The molecule has 6 heteroatoms. The number of nitrogens with zero attached hydrogens (tertiary/aromatic N) is 3. The molecule has 0 aliphatic rings. The van der Waals surface area contributed by atoms with Crippen molar-refractivity contribution < 1.29 is 14.3 Å². The monoisotopic (exact) mass is 337 g/mol. The second-order valence-electron chi connectivity index (χ2n) is 5.85. The highest BCUT2D eigenvalue weighted by molar-refractivity contribution is 6.02. The number of fused-ring (bicyclic) bond motifs is 1. The summed E-state index contributed by atoms with van der Waals surface area (Å²) >= 11 is 0. The van der Waals surface area contributed by atoms with Crippen LogP contribution in [-0.4, -0.2) is 33.0 Å². The molecule has 3 aromatic heterocycles. The first-order valence-corrected chi connectivity index (χ1v) is 8.07. The molecule has 0 amide bonds. The zero-order valence-electron chi connectivity index (χ0n) is 14.7. The van der Waals surface area contributed by atoms with Crippen LogP contribution in [0.1, 0.15) is 46.0 Å². The molecule has 0 aliphatic heterocycles. The minimum Gasteiger partial charge on any atom is -0.462 e. The largest absolute Gasteiger partial charge is 0.462 e. The van der Waals surface area contributed by atoms with E-state index in [1.165, 1.54) is 6.92 Å². The van der Waals surface area contributed by atoms with Gasteiger partial charge in [0.1, 0.15) is 0 Å². The van der Waals surface area contributed by atoms with Gasteiger partial charge in [-0.2, -0.15) is 10.2 Å². The number of aromatic nitrogens is 3. The number of hydrogen-bond acceptors (Lipinski definition) is 5. The average Bonchev–Trinajstić information content (AvgIpc) is 2.98. The highest BCUT2D eigenvalue weighted by Crippen LogP contribution is 2.29. The van der Waals surface area contributed by atoms with Gasteiger partial charge in [0.05, 0.1) is 34.8 Å². The first-order chi connectivity index (χ1) is 11.9. The third-order valence-electron chi connectivity index (χ3n) is 4.11. The van der Waals surface area contributed by atoms with E-state index in [0.717, 1.165) is 16.8 Å². The van der Waals surface area contributed by atoms with Crippen LogP contribution in [0, 0.1) is 13.8 Å². The van der Waals surface area contributed by atoms with Crippen molar-refractivity contribution in [1.29, 1.82) is 0 Å². The van der Waals surface area contributed by atoms with E-state index in [1.54, 1.807) is 24.3 Å². The Kier molecular flexibility index (Phi) is 4.35. The van der Waals surface area contributed by atoms with E-state index in [4.69, 9.17) is 4.74 Å². The third-order valence-corrected chi connectivity index (χ3v) is 4.11. The highest BCUT2D eigenvalue weighted by Gasteiger charge is 2.21. The number of aryl methyl sites for hydroxylation is 1. The van der Waals surface area contributed by atoms with Crippen molar-refractivity contribution in [3.63, 3.8) is 0 Å². The number of Topliss-reactive ketones (excluding diaryl/α,β-unsaturated/α-hetero) is 1. The lowest BCUT2D eigenvalue weighted by Crippen LogP contribution is -2.13. The summed E-state index contributed by atoms with van der Waals surface area (Å²) in [5.41, 5.74) is 4.49. The number of ether oxygens (including phenoxy) is 1. The topological polar surface area (TPSA) is 73.6 Å². The fraction of sp³-hybridized carbons (Fsp3) is 0.263. The molecular weight excluding hydrogens is 318 g/mol. The van der Waals surface area contributed by atoms with E-state index in [-0.39, 0.29) is 12.4 Å². The predicted octanol–water partition coefficient (Wildman–Crippen LogP) is 3.39. The molecule has 0 N–H and O–H groups in total. The summed E-state index contributed by atoms with van der Waals surface area (Å²) in [4.78, 5) is 24.5. The summed E-state index contributed by atoms with van der Waals surface area (Å²) in [7, 11) is 0. The van der Waals surface area contributed by atoms with Gasteiger partial charge in [0.2, 0.25) is 0 Å². The van der Waals surface area contributed by atoms with Gasteiger partial charge in [-0.05, 0) is 50.6 Å². The Hall–Kier alpha value is -3.02. The van der Waals surface area contributed by atoms with E-state index in [1.807, 2.05) is 31.3 Å². The molecule has 25 heavy (non-hydrogen) atoms. The van der Waals surface area contributed by atoms with E-state index < -0.39 is 5.97 Å². The Balaban J connectivity index is 2.31. The summed E-state index contributed by atoms with van der Waals surface area (Å²) < 4.78 is 6.93. The van der Waals surface area contributed by atoms with Crippen LogP contribution in [0.2, 0.25) is 0 Å². The fourth-order valence-electron chi connectivity index (χ4n) is 2.95. The summed E-state index contributed by atoms with van der Waals surface area (Å²) in [5, 5.41) is 8.30. The van der Waals surface area contributed by atoms with Crippen LogP contribution < -0.4 is 0 Å². The number of esters is 1. The van der Waals surface area contributed by atoms with Gasteiger partial charge in [0, 0.05) is 18.7 Å². The predicted molar refractivity (Wildman–Crippen MR) is 93.9 cm³/mol. The van der Waals surface area contributed by atoms with Gasteiger partial charge < -0.3 is 9.14 Å². The lowest BCUT2D eigenvalue weighted by Gasteiger charge is -2.13. The smallest absolute Gasteiger partial charge is 0.338 e. The highest BCUT2D eigenvalue weighted by atomic mass is 16.5.